The minimum absolute atomic E-state index is 0.268. The topological polar surface area (TPSA) is 53.6 Å². The van der Waals surface area contributed by atoms with Crippen molar-refractivity contribution in [1.82, 2.24) is 5.32 Å². The summed E-state index contributed by atoms with van der Waals surface area (Å²) in [5.41, 5.74) is 2.55. The van der Waals surface area contributed by atoms with Crippen LogP contribution in [-0.2, 0) is 11.2 Å². The number of hydrogen-bond acceptors (Lipinski definition) is 3. The monoisotopic (exact) mass is 377 g/mol. The number of nitrogens with one attached hydrogen (secondary N) is 2. The van der Waals surface area contributed by atoms with E-state index in [1.165, 1.54) is 12.1 Å². The van der Waals surface area contributed by atoms with E-state index in [9.17, 15) is 9.18 Å². The summed E-state index contributed by atoms with van der Waals surface area (Å²) in [6.07, 6.45) is 0.625. The molecule has 1 aliphatic heterocycles. The van der Waals surface area contributed by atoms with Crippen LogP contribution in [-0.4, -0.2) is 38.9 Å². The molecule has 2 aromatic carbocycles. The predicted octanol–water partition coefficient (Wildman–Crippen LogP) is 3.68. The Morgan fingerprint density at radius 1 is 1.15 bits per heavy atom. The first-order chi connectivity index (χ1) is 12.6. The molecule has 0 aromatic heterocycles. The molecule has 2 amide bonds. The standard InChI is InChI=1S/C19H21ClFN3O2/c20-15-3-6-18(24-9-11-26-12-10-24)17(13-15)23-19(25)22-8-7-14-1-4-16(21)5-2-14/h1-6,13H,7-12H2,(H2,22,23,25). The fourth-order valence-electron chi connectivity index (χ4n) is 2.83. The van der Waals surface area contributed by atoms with Gasteiger partial charge in [-0.05, 0) is 42.3 Å². The number of rotatable bonds is 5. The van der Waals surface area contributed by atoms with Crippen molar-refractivity contribution >= 4 is 29.0 Å². The Kier molecular flexibility index (Phi) is 6.30. The Morgan fingerprint density at radius 2 is 1.88 bits per heavy atom. The van der Waals surface area contributed by atoms with Crippen molar-refractivity contribution in [3.05, 3.63) is 58.9 Å². The molecule has 26 heavy (non-hydrogen) atoms. The normalized spacial score (nSPS) is 14.2. The lowest BCUT2D eigenvalue weighted by Gasteiger charge is -2.30. The summed E-state index contributed by atoms with van der Waals surface area (Å²) in [5.74, 6) is -0.268. The van der Waals surface area contributed by atoms with Gasteiger partial charge in [-0.2, -0.15) is 0 Å². The van der Waals surface area contributed by atoms with Crippen LogP contribution in [0.4, 0.5) is 20.6 Å². The van der Waals surface area contributed by atoms with Crippen LogP contribution < -0.4 is 15.5 Å². The van der Waals surface area contributed by atoms with Crippen LogP contribution in [0.3, 0.4) is 0 Å². The summed E-state index contributed by atoms with van der Waals surface area (Å²) in [6.45, 7) is 3.30. The lowest BCUT2D eigenvalue weighted by molar-refractivity contribution is 0.123. The molecule has 138 valence electrons. The third kappa shape index (κ3) is 5.09. The van der Waals surface area contributed by atoms with E-state index < -0.39 is 0 Å². The van der Waals surface area contributed by atoms with E-state index >= 15 is 0 Å². The SMILES string of the molecule is O=C(NCCc1ccc(F)cc1)Nc1cc(Cl)ccc1N1CCOCC1. The lowest BCUT2D eigenvalue weighted by atomic mass is 10.1. The van der Waals surface area contributed by atoms with Gasteiger partial charge in [-0.15, -0.1) is 0 Å². The number of hydrogen-bond donors (Lipinski definition) is 2. The molecule has 3 rings (SSSR count). The van der Waals surface area contributed by atoms with Gasteiger partial charge < -0.3 is 20.3 Å². The minimum Gasteiger partial charge on any atom is -0.378 e. The second-order valence-corrected chi connectivity index (χ2v) is 6.45. The van der Waals surface area contributed by atoms with Crippen molar-refractivity contribution in [2.24, 2.45) is 0 Å². The van der Waals surface area contributed by atoms with Gasteiger partial charge in [0.1, 0.15) is 5.82 Å². The van der Waals surface area contributed by atoms with Crippen molar-refractivity contribution in [1.29, 1.82) is 0 Å². The highest BCUT2D eigenvalue weighted by molar-refractivity contribution is 6.31. The van der Waals surface area contributed by atoms with Gasteiger partial charge in [-0.25, -0.2) is 9.18 Å². The third-order valence-electron chi connectivity index (χ3n) is 4.17. The van der Waals surface area contributed by atoms with E-state index in [0.717, 1.165) is 24.3 Å². The Morgan fingerprint density at radius 3 is 2.62 bits per heavy atom. The number of anilines is 2. The van der Waals surface area contributed by atoms with Crippen LogP contribution in [0.25, 0.3) is 0 Å². The molecule has 0 saturated carbocycles. The second kappa shape index (κ2) is 8.87. The van der Waals surface area contributed by atoms with Crippen molar-refractivity contribution in [3.8, 4) is 0 Å². The fraction of sp³-hybridized carbons (Fsp3) is 0.316. The minimum atomic E-state index is -0.302. The van der Waals surface area contributed by atoms with Gasteiger partial charge in [0.25, 0.3) is 0 Å². The Bertz CT molecular complexity index is 749. The summed E-state index contributed by atoms with van der Waals surface area (Å²) in [7, 11) is 0. The van der Waals surface area contributed by atoms with E-state index in [0.29, 0.717) is 36.9 Å². The highest BCUT2D eigenvalue weighted by Gasteiger charge is 2.16. The van der Waals surface area contributed by atoms with Crippen molar-refractivity contribution in [2.75, 3.05) is 43.1 Å². The zero-order valence-corrected chi connectivity index (χ0v) is 15.1. The first kappa shape index (κ1) is 18.5. The number of amides is 2. The number of morpholine rings is 1. The molecule has 1 heterocycles. The molecule has 5 nitrogen and oxygen atoms in total. The van der Waals surface area contributed by atoms with Gasteiger partial charge in [-0.1, -0.05) is 23.7 Å². The molecule has 0 radical (unpaired) electrons. The Hall–Kier alpha value is -2.31. The Labute approximate surface area is 157 Å². The molecule has 0 aliphatic carbocycles. The summed E-state index contributed by atoms with van der Waals surface area (Å²) >= 11 is 6.09. The van der Waals surface area contributed by atoms with Crippen LogP contribution in [0.15, 0.2) is 42.5 Å². The summed E-state index contributed by atoms with van der Waals surface area (Å²) in [4.78, 5) is 14.4. The van der Waals surface area contributed by atoms with Gasteiger partial charge in [0.05, 0.1) is 24.6 Å². The largest absolute Gasteiger partial charge is 0.378 e. The number of halogens is 2. The van der Waals surface area contributed by atoms with Crippen molar-refractivity contribution in [2.45, 2.75) is 6.42 Å². The van der Waals surface area contributed by atoms with E-state index in [1.54, 1.807) is 18.2 Å². The first-order valence-corrected chi connectivity index (χ1v) is 8.91. The maximum atomic E-state index is 12.9. The molecule has 1 fully saturated rings. The quantitative estimate of drug-likeness (QED) is 0.835. The second-order valence-electron chi connectivity index (χ2n) is 6.02. The lowest BCUT2D eigenvalue weighted by Crippen LogP contribution is -2.37. The number of ether oxygens (including phenoxy) is 1. The van der Waals surface area contributed by atoms with Crippen LogP contribution in [0, 0.1) is 5.82 Å². The number of benzene rings is 2. The van der Waals surface area contributed by atoms with E-state index in [2.05, 4.69) is 15.5 Å². The Balaban J connectivity index is 1.57. The van der Waals surface area contributed by atoms with Gasteiger partial charge in [-0.3, -0.25) is 0 Å². The fourth-order valence-corrected chi connectivity index (χ4v) is 3.00. The summed E-state index contributed by atoms with van der Waals surface area (Å²) < 4.78 is 18.3. The third-order valence-corrected chi connectivity index (χ3v) is 4.41. The molecule has 2 N–H and O–H groups in total. The first-order valence-electron chi connectivity index (χ1n) is 8.53. The smallest absolute Gasteiger partial charge is 0.319 e. The average molecular weight is 378 g/mol. The molecule has 1 saturated heterocycles. The van der Waals surface area contributed by atoms with Gasteiger partial charge in [0.15, 0.2) is 0 Å². The zero-order chi connectivity index (χ0) is 18.4. The number of urea groups is 1. The summed E-state index contributed by atoms with van der Waals surface area (Å²) in [6, 6.07) is 11.4. The van der Waals surface area contributed by atoms with Crippen LogP contribution in [0.2, 0.25) is 5.02 Å². The number of carbonyl (C=O) groups excluding carboxylic acids is 1. The molecule has 7 heteroatoms. The molecular weight excluding hydrogens is 357 g/mol. The van der Waals surface area contributed by atoms with Crippen LogP contribution in [0.1, 0.15) is 5.56 Å². The van der Waals surface area contributed by atoms with Crippen molar-refractivity contribution < 1.29 is 13.9 Å². The molecule has 1 aliphatic rings. The predicted molar refractivity (Wildman–Crippen MR) is 102 cm³/mol. The molecule has 0 bridgehead atoms. The molecular formula is C19H21ClFN3O2. The maximum absolute atomic E-state index is 12.9. The number of carbonyl (C=O) groups is 1. The average Bonchev–Trinajstić information content (AvgIpc) is 2.64. The highest BCUT2D eigenvalue weighted by atomic mass is 35.5. The van der Waals surface area contributed by atoms with E-state index in [-0.39, 0.29) is 11.8 Å². The zero-order valence-electron chi connectivity index (χ0n) is 14.3. The molecule has 0 atom stereocenters. The van der Waals surface area contributed by atoms with Gasteiger partial charge in [0.2, 0.25) is 0 Å². The van der Waals surface area contributed by atoms with Gasteiger partial charge in [0, 0.05) is 24.7 Å². The van der Waals surface area contributed by atoms with Crippen LogP contribution >= 0.6 is 11.6 Å². The van der Waals surface area contributed by atoms with E-state index in [1.807, 2.05) is 12.1 Å². The van der Waals surface area contributed by atoms with Gasteiger partial charge >= 0.3 is 6.03 Å². The molecule has 2 aromatic rings. The van der Waals surface area contributed by atoms with Crippen LogP contribution in [0.5, 0.6) is 0 Å². The highest BCUT2D eigenvalue weighted by Crippen LogP contribution is 2.29. The molecule has 0 unspecified atom stereocenters. The molecule has 0 spiro atoms. The number of nitrogens with zero attached hydrogens (tertiary/aromatic N) is 1. The maximum Gasteiger partial charge on any atom is 0.319 e. The summed E-state index contributed by atoms with van der Waals surface area (Å²) in [5, 5.41) is 6.24. The van der Waals surface area contributed by atoms with E-state index in [4.69, 9.17) is 16.3 Å². The van der Waals surface area contributed by atoms with Crippen molar-refractivity contribution in [3.63, 3.8) is 0 Å².